The minimum absolute atomic E-state index is 0.0185. The van der Waals surface area contributed by atoms with Gasteiger partial charge in [-0.25, -0.2) is 4.79 Å². The van der Waals surface area contributed by atoms with Crippen molar-refractivity contribution in [2.45, 2.75) is 31.9 Å². The Bertz CT molecular complexity index is 1230. The SMILES string of the molecule is Cc1cc(OC2CN(C(=O)c3cc4ccccc4oc3=O)C2)cc(=O)n1C1CC1. The van der Waals surface area contributed by atoms with Crippen LogP contribution in [0.3, 0.4) is 0 Å². The third-order valence-electron chi connectivity index (χ3n) is 5.46. The van der Waals surface area contributed by atoms with Crippen LogP contribution in [-0.2, 0) is 0 Å². The van der Waals surface area contributed by atoms with E-state index in [1.807, 2.05) is 23.6 Å². The zero-order valence-corrected chi connectivity index (χ0v) is 16.0. The monoisotopic (exact) mass is 392 g/mol. The van der Waals surface area contributed by atoms with Crippen LogP contribution in [0.15, 0.2) is 56.5 Å². The molecule has 1 saturated heterocycles. The number of fused-ring (bicyclic) bond motifs is 1. The van der Waals surface area contributed by atoms with Crippen molar-refractivity contribution in [3.05, 3.63) is 74.5 Å². The fourth-order valence-corrected chi connectivity index (χ4v) is 3.80. The van der Waals surface area contributed by atoms with E-state index in [4.69, 9.17) is 9.15 Å². The lowest BCUT2D eigenvalue weighted by Gasteiger charge is -2.38. The highest BCUT2D eigenvalue weighted by atomic mass is 16.5. The molecule has 29 heavy (non-hydrogen) atoms. The number of benzene rings is 1. The first kappa shape index (κ1) is 17.7. The molecule has 2 aromatic heterocycles. The predicted molar refractivity (Wildman–Crippen MR) is 107 cm³/mol. The molecule has 7 nitrogen and oxygen atoms in total. The Balaban J connectivity index is 1.28. The Labute approximate surface area is 166 Å². The van der Waals surface area contributed by atoms with Gasteiger partial charge in [0.05, 0.1) is 13.1 Å². The molecule has 7 heteroatoms. The maximum Gasteiger partial charge on any atom is 0.349 e. The third kappa shape index (κ3) is 3.22. The van der Waals surface area contributed by atoms with Crippen LogP contribution >= 0.6 is 0 Å². The highest BCUT2D eigenvalue weighted by Crippen LogP contribution is 2.35. The Morgan fingerprint density at radius 2 is 1.86 bits per heavy atom. The molecule has 2 fully saturated rings. The standard InChI is InChI=1S/C22H20N2O5/c1-13-8-16(10-20(25)24(13)15-6-7-15)28-17-11-23(12-17)21(26)18-9-14-4-2-3-5-19(14)29-22(18)27/h2-5,8-10,15,17H,6-7,11-12H2,1H3. The third-order valence-corrected chi connectivity index (χ3v) is 5.46. The van der Waals surface area contributed by atoms with Gasteiger partial charge in [0, 0.05) is 23.2 Å². The number of hydrogen-bond donors (Lipinski definition) is 0. The van der Waals surface area contributed by atoms with E-state index < -0.39 is 5.63 Å². The molecule has 2 aliphatic rings. The van der Waals surface area contributed by atoms with E-state index in [0.717, 1.165) is 18.5 Å². The molecule has 1 aliphatic carbocycles. The van der Waals surface area contributed by atoms with Gasteiger partial charge in [-0.2, -0.15) is 0 Å². The van der Waals surface area contributed by atoms with Crippen molar-refractivity contribution in [2.75, 3.05) is 13.1 Å². The lowest BCUT2D eigenvalue weighted by atomic mass is 10.1. The molecule has 0 atom stereocenters. The maximum absolute atomic E-state index is 12.7. The molecule has 0 bridgehead atoms. The van der Waals surface area contributed by atoms with E-state index >= 15 is 0 Å². The number of para-hydroxylation sites is 1. The smallest absolute Gasteiger partial charge is 0.349 e. The number of hydrogen-bond acceptors (Lipinski definition) is 5. The fourth-order valence-electron chi connectivity index (χ4n) is 3.80. The van der Waals surface area contributed by atoms with E-state index in [-0.39, 0.29) is 23.1 Å². The quantitative estimate of drug-likeness (QED) is 0.637. The number of nitrogens with zero attached hydrogens (tertiary/aromatic N) is 2. The zero-order chi connectivity index (χ0) is 20.1. The summed E-state index contributed by atoms with van der Waals surface area (Å²) in [4.78, 5) is 38.7. The number of aromatic nitrogens is 1. The molecule has 1 amide bonds. The molecule has 1 aliphatic heterocycles. The molecule has 1 aromatic carbocycles. The van der Waals surface area contributed by atoms with Gasteiger partial charge >= 0.3 is 5.63 Å². The molecule has 3 aromatic rings. The number of rotatable bonds is 4. The van der Waals surface area contributed by atoms with E-state index in [0.29, 0.717) is 35.9 Å². The van der Waals surface area contributed by atoms with Crippen molar-refractivity contribution in [2.24, 2.45) is 0 Å². The average Bonchev–Trinajstić information content (AvgIpc) is 3.47. The molecule has 148 valence electrons. The van der Waals surface area contributed by atoms with Gasteiger partial charge in [-0.3, -0.25) is 9.59 Å². The normalized spacial score (nSPS) is 16.7. The summed E-state index contributed by atoms with van der Waals surface area (Å²) < 4.78 is 12.9. The van der Waals surface area contributed by atoms with E-state index in [9.17, 15) is 14.4 Å². The van der Waals surface area contributed by atoms with Crippen molar-refractivity contribution in [1.29, 1.82) is 0 Å². The minimum Gasteiger partial charge on any atom is -0.486 e. The van der Waals surface area contributed by atoms with Gasteiger partial charge < -0.3 is 18.6 Å². The van der Waals surface area contributed by atoms with Gasteiger partial charge in [-0.15, -0.1) is 0 Å². The van der Waals surface area contributed by atoms with Crippen molar-refractivity contribution < 1.29 is 13.9 Å². The van der Waals surface area contributed by atoms with Crippen LogP contribution in [0.1, 0.15) is 34.9 Å². The Morgan fingerprint density at radius 1 is 1.10 bits per heavy atom. The molecule has 0 unspecified atom stereocenters. The Hall–Kier alpha value is -3.35. The lowest BCUT2D eigenvalue weighted by molar-refractivity contribution is 0.0173. The molecule has 5 rings (SSSR count). The van der Waals surface area contributed by atoms with Crippen molar-refractivity contribution in [1.82, 2.24) is 9.47 Å². The second kappa shape index (κ2) is 6.62. The minimum atomic E-state index is -0.641. The predicted octanol–water partition coefficient (Wildman–Crippen LogP) is 2.50. The summed E-state index contributed by atoms with van der Waals surface area (Å²) in [5.41, 5.74) is 0.664. The number of pyridine rings is 1. The van der Waals surface area contributed by atoms with Crippen molar-refractivity contribution in [3.63, 3.8) is 0 Å². The molecular weight excluding hydrogens is 372 g/mol. The second-order valence-electron chi connectivity index (χ2n) is 7.71. The first-order chi connectivity index (χ1) is 14.0. The summed E-state index contributed by atoms with van der Waals surface area (Å²) in [5.74, 6) is 0.149. The molecule has 1 saturated carbocycles. The first-order valence-corrected chi connectivity index (χ1v) is 9.71. The van der Waals surface area contributed by atoms with E-state index in [2.05, 4.69) is 0 Å². The Kier molecular flexibility index (Phi) is 4.04. The summed E-state index contributed by atoms with van der Waals surface area (Å²) >= 11 is 0. The summed E-state index contributed by atoms with van der Waals surface area (Å²) in [6.45, 7) is 2.62. The van der Waals surface area contributed by atoms with Crippen molar-refractivity contribution in [3.8, 4) is 5.75 Å². The summed E-state index contributed by atoms with van der Waals surface area (Å²) in [6, 6.07) is 12.3. The highest BCUT2D eigenvalue weighted by Gasteiger charge is 2.34. The number of carbonyl (C=O) groups is 1. The van der Waals surface area contributed by atoms with Crippen LogP contribution in [-0.4, -0.2) is 34.6 Å². The van der Waals surface area contributed by atoms with Crippen LogP contribution in [0, 0.1) is 6.92 Å². The molecule has 0 spiro atoms. The topological polar surface area (TPSA) is 81.8 Å². The molecule has 3 heterocycles. The van der Waals surface area contributed by atoms with E-state index in [1.54, 1.807) is 29.2 Å². The highest BCUT2D eigenvalue weighted by molar-refractivity contribution is 5.97. The van der Waals surface area contributed by atoms with E-state index in [1.165, 1.54) is 6.07 Å². The number of likely N-dealkylation sites (tertiary alicyclic amines) is 1. The molecule has 0 N–H and O–H groups in total. The zero-order valence-electron chi connectivity index (χ0n) is 16.0. The fraction of sp³-hybridized carbons (Fsp3) is 0.318. The first-order valence-electron chi connectivity index (χ1n) is 9.71. The van der Waals surface area contributed by atoms with Crippen LogP contribution in [0.25, 0.3) is 11.0 Å². The number of aryl methyl sites for hydroxylation is 1. The van der Waals surface area contributed by atoms with Gasteiger partial charge in [0.1, 0.15) is 23.0 Å². The van der Waals surface area contributed by atoms with Crippen LogP contribution in [0.2, 0.25) is 0 Å². The van der Waals surface area contributed by atoms with Crippen LogP contribution in [0.4, 0.5) is 0 Å². The van der Waals surface area contributed by atoms with Gasteiger partial charge in [-0.1, -0.05) is 18.2 Å². The van der Waals surface area contributed by atoms with Crippen LogP contribution in [0.5, 0.6) is 5.75 Å². The molecular formula is C22H20N2O5. The largest absolute Gasteiger partial charge is 0.486 e. The number of amides is 1. The average molecular weight is 392 g/mol. The number of ether oxygens (including phenoxy) is 1. The summed E-state index contributed by atoms with van der Waals surface area (Å²) in [6.07, 6.45) is 1.88. The van der Waals surface area contributed by atoms with Gasteiger partial charge in [-0.05, 0) is 38.0 Å². The molecule has 0 radical (unpaired) electrons. The lowest BCUT2D eigenvalue weighted by Crippen LogP contribution is -2.56. The summed E-state index contributed by atoms with van der Waals surface area (Å²) in [7, 11) is 0. The Morgan fingerprint density at radius 3 is 2.59 bits per heavy atom. The second-order valence-corrected chi connectivity index (χ2v) is 7.71. The van der Waals surface area contributed by atoms with Crippen molar-refractivity contribution >= 4 is 16.9 Å². The van der Waals surface area contributed by atoms with Gasteiger partial charge in [0.2, 0.25) is 0 Å². The van der Waals surface area contributed by atoms with Gasteiger partial charge in [0.25, 0.3) is 11.5 Å². The maximum atomic E-state index is 12.7. The van der Waals surface area contributed by atoms with Gasteiger partial charge in [0.15, 0.2) is 0 Å². The number of carbonyl (C=O) groups excluding carboxylic acids is 1. The summed E-state index contributed by atoms with van der Waals surface area (Å²) in [5, 5.41) is 0.704. The van der Waals surface area contributed by atoms with Crippen LogP contribution < -0.4 is 15.9 Å².